The van der Waals surface area contributed by atoms with Crippen LogP contribution in [-0.2, 0) is 27.3 Å². The van der Waals surface area contributed by atoms with E-state index in [-0.39, 0.29) is 23.6 Å². The van der Waals surface area contributed by atoms with Gasteiger partial charge in [-0.2, -0.15) is 0 Å². The summed E-state index contributed by atoms with van der Waals surface area (Å²) in [6.07, 6.45) is 2.60. The Morgan fingerprint density at radius 1 is 0.930 bits per heavy atom. The number of nitrogens with one attached hydrogen (secondary N) is 5. The van der Waals surface area contributed by atoms with Crippen molar-refractivity contribution in [2.45, 2.75) is 38.9 Å². The number of esters is 1. The van der Waals surface area contributed by atoms with Crippen LogP contribution in [0.2, 0.25) is 0 Å². The van der Waals surface area contributed by atoms with Gasteiger partial charge in [-0.3, -0.25) is 20.3 Å². The van der Waals surface area contributed by atoms with E-state index in [1.54, 1.807) is 36.4 Å². The van der Waals surface area contributed by atoms with Gasteiger partial charge in [0.2, 0.25) is 11.8 Å². The lowest BCUT2D eigenvalue weighted by Gasteiger charge is -2.26. The number of carbonyl (C=O) groups excluding carboxylic acids is 3. The van der Waals surface area contributed by atoms with Crippen LogP contribution in [0, 0.1) is 11.3 Å². The van der Waals surface area contributed by atoms with Crippen molar-refractivity contribution in [3.63, 3.8) is 0 Å². The standard InChI is InChI=1S/C33H38N6O4/c1-20(2)28(31(40)36-17-16-25-19-37-27-7-5-4-6-26(25)27)39-32(41)29(22-12-14-24(15-13-22)33(42)43-3)38-18-21-8-10-23(11-9-21)30(34)35/h4-15,19-20,28-29,37-38H,16-18H2,1-3H3,(H3,34,35)(H,36,40)(H,39,41). The zero-order valence-corrected chi connectivity index (χ0v) is 24.6. The third kappa shape index (κ3) is 7.87. The highest BCUT2D eigenvalue weighted by atomic mass is 16.5. The lowest BCUT2D eigenvalue weighted by Crippen LogP contribution is -2.52. The molecule has 43 heavy (non-hydrogen) atoms. The number of para-hydroxylation sites is 1. The van der Waals surface area contributed by atoms with Gasteiger partial charge in [-0.25, -0.2) is 4.79 Å². The first-order valence-electron chi connectivity index (χ1n) is 14.2. The maximum Gasteiger partial charge on any atom is 0.337 e. The number of nitrogen functional groups attached to an aromatic ring is 1. The molecule has 4 aromatic rings. The zero-order valence-electron chi connectivity index (χ0n) is 24.6. The summed E-state index contributed by atoms with van der Waals surface area (Å²) in [6.45, 7) is 4.52. The van der Waals surface area contributed by atoms with Crippen molar-refractivity contribution >= 4 is 34.5 Å². The number of hydrogen-bond acceptors (Lipinski definition) is 6. The number of benzene rings is 3. The van der Waals surface area contributed by atoms with E-state index in [9.17, 15) is 14.4 Å². The quantitative estimate of drug-likeness (QED) is 0.0802. The second-order valence-electron chi connectivity index (χ2n) is 10.7. The number of ether oxygens (including phenoxy) is 1. The summed E-state index contributed by atoms with van der Waals surface area (Å²) in [4.78, 5) is 42.2. The highest BCUT2D eigenvalue weighted by Gasteiger charge is 2.29. The molecule has 0 radical (unpaired) electrons. The van der Waals surface area contributed by atoms with Gasteiger partial charge in [-0.05, 0) is 47.2 Å². The minimum atomic E-state index is -0.820. The van der Waals surface area contributed by atoms with Crippen molar-refractivity contribution in [2.24, 2.45) is 11.7 Å². The normalized spacial score (nSPS) is 12.5. The Labute approximate surface area is 250 Å². The molecule has 3 aromatic carbocycles. The molecule has 0 bridgehead atoms. The summed E-state index contributed by atoms with van der Waals surface area (Å²) in [6, 6.07) is 20.2. The van der Waals surface area contributed by atoms with E-state index in [1.807, 2.05) is 56.4 Å². The average Bonchev–Trinajstić information content (AvgIpc) is 3.42. The number of nitrogens with two attached hydrogens (primary N) is 1. The van der Waals surface area contributed by atoms with Crippen molar-refractivity contribution in [1.29, 1.82) is 5.41 Å². The molecule has 0 fully saturated rings. The first-order chi connectivity index (χ1) is 20.7. The highest BCUT2D eigenvalue weighted by Crippen LogP contribution is 2.19. The smallest absolute Gasteiger partial charge is 0.337 e. The molecule has 0 saturated heterocycles. The van der Waals surface area contributed by atoms with Gasteiger partial charge in [0.15, 0.2) is 0 Å². The molecule has 2 unspecified atom stereocenters. The lowest BCUT2D eigenvalue weighted by molar-refractivity contribution is -0.131. The molecule has 0 spiro atoms. The van der Waals surface area contributed by atoms with E-state index in [2.05, 4.69) is 20.9 Å². The minimum Gasteiger partial charge on any atom is -0.465 e. The Bertz CT molecular complexity index is 1580. The summed E-state index contributed by atoms with van der Waals surface area (Å²) in [5, 5.41) is 17.9. The predicted octanol–water partition coefficient (Wildman–Crippen LogP) is 3.57. The summed E-state index contributed by atoms with van der Waals surface area (Å²) in [7, 11) is 1.31. The van der Waals surface area contributed by atoms with E-state index >= 15 is 0 Å². The van der Waals surface area contributed by atoms with Gasteiger partial charge in [0.25, 0.3) is 0 Å². The molecule has 1 aromatic heterocycles. The average molecular weight is 583 g/mol. The molecule has 10 nitrogen and oxygen atoms in total. The molecular weight excluding hydrogens is 544 g/mol. The molecular formula is C33H38N6O4. The van der Waals surface area contributed by atoms with Gasteiger partial charge >= 0.3 is 5.97 Å². The van der Waals surface area contributed by atoms with Gasteiger partial charge in [0.1, 0.15) is 17.9 Å². The van der Waals surface area contributed by atoms with Crippen LogP contribution in [0.25, 0.3) is 10.9 Å². The Morgan fingerprint density at radius 2 is 1.60 bits per heavy atom. The molecule has 0 saturated carbocycles. The van der Waals surface area contributed by atoms with Crippen molar-refractivity contribution < 1.29 is 19.1 Å². The second kappa shape index (κ2) is 14.3. The maximum absolute atomic E-state index is 13.7. The Morgan fingerprint density at radius 3 is 2.26 bits per heavy atom. The largest absolute Gasteiger partial charge is 0.465 e. The summed E-state index contributed by atoms with van der Waals surface area (Å²) >= 11 is 0. The fraction of sp³-hybridized carbons (Fsp3) is 0.273. The molecule has 10 heteroatoms. The Balaban J connectivity index is 1.46. The van der Waals surface area contributed by atoms with E-state index < -0.39 is 18.1 Å². The van der Waals surface area contributed by atoms with Crippen molar-refractivity contribution in [1.82, 2.24) is 20.9 Å². The van der Waals surface area contributed by atoms with Crippen molar-refractivity contribution in [2.75, 3.05) is 13.7 Å². The van der Waals surface area contributed by atoms with Crippen LogP contribution < -0.4 is 21.7 Å². The van der Waals surface area contributed by atoms with Gasteiger partial charge < -0.3 is 26.1 Å². The Kier molecular flexibility index (Phi) is 10.3. The van der Waals surface area contributed by atoms with Crippen LogP contribution in [0.15, 0.2) is 79.0 Å². The minimum absolute atomic E-state index is 0.0260. The fourth-order valence-corrected chi connectivity index (χ4v) is 4.85. The third-order valence-corrected chi connectivity index (χ3v) is 7.32. The molecule has 7 N–H and O–H groups in total. The number of amides is 2. The number of carbonyl (C=O) groups is 3. The second-order valence-corrected chi connectivity index (χ2v) is 10.7. The topological polar surface area (TPSA) is 162 Å². The predicted molar refractivity (Wildman–Crippen MR) is 167 cm³/mol. The number of methoxy groups -OCH3 is 1. The number of amidine groups is 1. The summed E-state index contributed by atoms with van der Waals surface area (Å²) in [5.41, 5.74) is 10.2. The number of H-pyrrole nitrogens is 1. The summed E-state index contributed by atoms with van der Waals surface area (Å²) < 4.78 is 4.79. The fourth-order valence-electron chi connectivity index (χ4n) is 4.85. The Hall–Kier alpha value is -4.96. The molecule has 2 amide bonds. The van der Waals surface area contributed by atoms with Crippen LogP contribution in [0.4, 0.5) is 0 Å². The molecule has 1 heterocycles. The van der Waals surface area contributed by atoms with E-state index in [0.717, 1.165) is 22.0 Å². The number of fused-ring (bicyclic) bond motifs is 1. The summed E-state index contributed by atoms with van der Waals surface area (Å²) in [5.74, 6) is -1.31. The number of hydrogen-bond donors (Lipinski definition) is 6. The van der Waals surface area contributed by atoms with Crippen LogP contribution >= 0.6 is 0 Å². The number of rotatable bonds is 13. The van der Waals surface area contributed by atoms with Crippen LogP contribution in [0.5, 0.6) is 0 Å². The van der Waals surface area contributed by atoms with Crippen LogP contribution in [-0.4, -0.2) is 48.3 Å². The number of aromatic amines is 1. The maximum atomic E-state index is 13.7. The molecule has 224 valence electrons. The molecule has 0 aliphatic heterocycles. The monoisotopic (exact) mass is 582 g/mol. The van der Waals surface area contributed by atoms with Gasteiger partial charge in [0.05, 0.1) is 12.7 Å². The van der Waals surface area contributed by atoms with Crippen LogP contribution in [0.3, 0.4) is 0 Å². The van der Waals surface area contributed by atoms with E-state index in [0.29, 0.717) is 36.2 Å². The molecule has 0 aliphatic carbocycles. The molecule has 4 rings (SSSR count). The lowest BCUT2D eigenvalue weighted by atomic mass is 10.00. The van der Waals surface area contributed by atoms with E-state index in [4.69, 9.17) is 15.9 Å². The van der Waals surface area contributed by atoms with Crippen molar-refractivity contribution in [3.8, 4) is 0 Å². The first kappa shape index (κ1) is 31.0. The van der Waals surface area contributed by atoms with Gasteiger partial charge in [-0.1, -0.05) is 68.4 Å². The van der Waals surface area contributed by atoms with E-state index in [1.165, 1.54) is 7.11 Å². The van der Waals surface area contributed by atoms with Gasteiger partial charge in [0, 0.05) is 35.8 Å². The number of aromatic nitrogens is 1. The highest BCUT2D eigenvalue weighted by molar-refractivity contribution is 5.95. The molecule has 0 aliphatic rings. The van der Waals surface area contributed by atoms with Crippen molar-refractivity contribution in [3.05, 3.63) is 107 Å². The zero-order chi connectivity index (χ0) is 30.9. The molecule has 2 atom stereocenters. The van der Waals surface area contributed by atoms with Gasteiger partial charge in [-0.15, -0.1) is 0 Å². The first-order valence-corrected chi connectivity index (χ1v) is 14.2. The van der Waals surface area contributed by atoms with Crippen LogP contribution in [0.1, 0.15) is 52.5 Å². The SMILES string of the molecule is COC(=O)c1ccc(C(NCc2ccc(C(=N)N)cc2)C(=O)NC(C(=O)NCCc2c[nH]c3ccccc23)C(C)C)cc1. The third-order valence-electron chi connectivity index (χ3n) is 7.32.